The highest BCUT2D eigenvalue weighted by Crippen LogP contribution is 2.16. The number of rotatable bonds is 6. The zero-order chi connectivity index (χ0) is 19.9. The lowest BCUT2D eigenvalue weighted by Gasteiger charge is -2.10. The fourth-order valence-electron chi connectivity index (χ4n) is 2.46. The van der Waals surface area contributed by atoms with Crippen LogP contribution >= 0.6 is 0 Å². The van der Waals surface area contributed by atoms with Gasteiger partial charge < -0.3 is 15.7 Å². The largest absolute Gasteiger partial charge is 0.392 e. The van der Waals surface area contributed by atoms with Gasteiger partial charge in [-0.1, -0.05) is 30.3 Å². The Labute approximate surface area is 161 Å². The third-order valence-electron chi connectivity index (χ3n) is 3.86. The van der Waals surface area contributed by atoms with E-state index in [0.717, 1.165) is 0 Å². The molecule has 0 aliphatic heterocycles. The van der Waals surface area contributed by atoms with Crippen molar-refractivity contribution >= 4 is 29.4 Å². The van der Waals surface area contributed by atoms with Crippen LogP contribution in [-0.4, -0.2) is 33.9 Å². The van der Waals surface area contributed by atoms with Crippen molar-refractivity contribution in [1.29, 1.82) is 0 Å². The van der Waals surface area contributed by atoms with Crippen LogP contribution in [0.4, 0.5) is 17.6 Å². The number of aromatic nitrogens is 2. The van der Waals surface area contributed by atoms with Gasteiger partial charge in [0.15, 0.2) is 0 Å². The number of aliphatic hydroxyl groups is 1. The lowest BCUT2D eigenvalue weighted by Crippen LogP contribution is -2.17. The van der Waals surface area contributed by atoms with E-state index in [2.05, 4.69) is 25.9 Å². The maximum atomic E-state index is 12.5. The van der Waals surface area contributed by atoms with Crippen LogP contribution in [0.15, 0.2) is 60.7 Å². The van der Waals surface area contributed by atoms with Gasteiger partial charge in [-0.25, -0.2) is 0 Å². The molecule has 2 aromatic carbocycles. The van der Waals surface area contributed by atoms with E-state index in [1.165, 1.54) is 0 Å². The molecule has 142 valence electrons. The summed E-state index contributed by atoms with van der Waals surface area (Å²) < 4.78 is 0. The minimum absolute atomic E-state index is 0.0557. The molecule has 0 saturated carbocycles. The van der Waals surface area contributed by atoms with E-state index < -0.39 is 5.91 Å². The average Bonchev–Trinajstić information content (AvgIpc) is 2.74. The highest BCUT2D eigenvalue weighted by atomic mass is 16.3. The van der Waals surface area contributed by atoms with Crippen LogP contribution in [0.3, 0.4) is 0 Å². The molecule has 0 atom stereocenters. The molecule has 3 rings (SSSR count). The standard InChI is InChI=1S/C20H19N5O3/c1-21-16-11-17(22-19(28)15-9-5-6-13(10-15)12-26)24-20(23-16)25-18(27)14-7-3-2-4-8-14/h2-11,26H,12H2,1H3,(H3,21,22,23,24,25,27,28). The second-order valence-corrected chi connectivity index (χ2v) is 5.84. The zero-order valence-corrected chi connectivity index (χ0v) is 15.1. The molecule has 0 aliphatic carbocycles. The third-order valence-corrected chi connectivity index (χ3v) is 3.86. The smallest absolute Gasteiger partial charge is 0.258 e. The number of carbonyl (C=O) groups is 2. The molecule has 8 nitrogen and oxygen atoms in total. The molecule has 4 N–H and O–H groups in total. The molecule has 0 fully saturated rings. The molecule has 0 radical (unpaired) electrons. The maximum absolute atomic E-state index is 12.5. The molecule has 2 amide bonds. The van der Waals surface area contributed by atoms with Gasteiger partial charge in [-0.2, -0.15) is 9.97 Å². The van der Waals surface area contributed by atoms with Crippen molar-refractivity contribution in [2.75, 3.05) is 23.0 Å². The summed E-state index contributed by atoms with van der Waals surface area (Å²) in [5.41, 5.74) is 1.47. The number of benzene rings is 2. The van der Waals surface area contributed by atoms with Crippen molar-refractivity contribution in [1.82, 2.24) is 9.97 Å². The maximum Gasteiger partial charge on any atom is 0.258 e. The summed E-state index contributed by atoms with van der Waals surface area (Å²) in [5, 5.41) is 17.4. The summed E-state index contributed by atoms with van der Waals surface area (Å²) in [6.45, 7) is -0.159. The van der Waals surface area contributed by atoms with Crippen molar-refractivity contribution in [3.05, 3.63) is 77.4 Å². The summed E-state index contributed by atoms with van der Waals surface area (Å²) in [4.78, 5) is 33.2. The number of nitrogens with zero attached hydrogens (tertiary/aromatic N) is 2. The summed E-state index contributed by atoms with van der Waals surface area (Å²) in [7, 11) is 1.67. The lowest BCUT2D eigenvalue weighted by atomic mass is 10.1. The van der Waals surface area contributed by atoms with Gasteiger partial charge in [-0.3, -0.25) is 14.9 Å². The number of nitrogens with one attached hydrogen (secondary N) is 3. The quantitative estimate of drug-likeness (QED) is 0.525. The number of amides is 2. The Balaban J connectivity index is 1.80. The van der Waals surface area contributed by atoms with Gasteiger partial charge in [0.25, 0.3) is 11.8 Å². The van der Waals surface area contributed by atoms with Gasteiger partial charge in [0.05, 0.1) is 6.61 Å². The van der Waals surface area contributed by atoms with Crippen molar-refractivity contribution in [2.24, 2.45) is 0 Å². The van der Waals surface area contributed by atoms with Crippen molar-refractivity contribution < 1.29 is 14.7 Å². The zero-order valence-electron chi connectivity index (χ0n) is 15.1. The van der Waals surface area contributed by atoms with Gasteiger partial charge in [0.2, 0.25) is 5.95 Å². The van der Waals surface area contributed by atoms with Crippen LogP contribution in [0.1, 0.15) is 26.3 Å². The average molecular weight is 377 g/mol. The summed E-state index contributed by atoms with van der Waals surface area (Å²) in [5.74, 6) is -0.0434. The summed E-state index contributed by atoms with van der Waals surface area (Å²) in [6.07, 6.45) is 0. The molecule has 0 spiro atoms. The fourth-order valence-corrected chi connectivity index (χ4v) is 2.46. The predicted molar refractivity (Wildman–Crippen MR) is 106 cm³/mol. The summed E-state index contributed by atoms with van der Waals surface area (Å²) >= 11 is 0. The van der Waals surface area contributed by atoms with E-state index >= 15 is 0 Å². The van der Waals surface area contributed by atoms with Crippen LogP contribution < -0.4 is 16.0 Å². The molecule has 1 aromatic heterocycles. The first kappa shape index (κ1) is 19.0. The van der Waals surface area contributed by atoms with E-state index in [1.54, 1.807) is 61.6 Å². The van der Waals surface area contributed by atoms with Gasteiger partial charge in [0, 0.05) is 24.2 Å². The number of hydrogen-bond acceptors (Lipinski definition) is 6. The molecule has 0 aliphatic rings. The molecular formula is C20H19N5O3. The Bertz CT molecular complexity index is 992. The Morgan fingerprint density at radius 1 is 0.857 bits per heavy atom. The van der Waals surface area contributed by atoms with Gasteiger partial charge in [-0.15, -0.1) is 0 Å². The second kappa shape index (κ2) is 8.74. The highest BCUT2D eigenvalue weighted by Gasteiger charge is 2.12. The van der Waals surface area contributed by atoms with Crippen LogP contribution in [0.2, 0.25) is 0 Å². The van der Waals surface area contributed by atoms with Crippen molar-refractivity contribution in [3.63, 3.8) is 0 Å². The number of anilines is 3. The molecule has 1 heterocycles. The Hall–Kier alpha value is -3.78. The predicted octanol–water partition coefficient (Wildman–Crippen LogP) is 2.52. The lowest BCUT2D eigenvalue weighted by molar-refractivity contribution is 0.101. The molecule has 28 heavy (non-hydrogen) atoms. The Kier molecular flexibility index (Phi) is 5.93. The first-order chi connectivity index (χ1) is 13.6. The second-order valence-electron chi connectivity index (χ2n) is 5.84. The molecular weight excluding hydrogens is 358 g/mol. The first-order valence-corrected chi connectivity index (χ1v) is 8.53. The van der Waals surface area contributed by atoms with E-state index in [1.807, 2.05) is 6.07 Å². The minimum atomic E-state index is -0.392. The van der Waals surface area contributed by atoms with Crippen LogP contribution in [0, 0.1) is 0 Å². The fraction of sp³-hybridized carbons (Fsp3) is 0.100. The molecule has 0 unspecified atom stereocenters. The first-order valence-electron chi connectivity index (χ1n) is 8.53. The molecule has 0 saturated heterocycles. The van der Waals surface area contributed by atoms with Crippen molar-refractivity contribution in [2.45, 2.75) is 6.61 Å². The van der Waals surface area contributed by atoms with Crippen LogP contribution in [0.25, 0.3) is 0 Å². The van der Waals surface area contributed by atoms with Crippen LogP contribution in [-0.2, 0) is 6.61 Å². The Morgan fingerprint density at radius 3 is 2.25 bits per heavy atom. The number of aliphatic hydroxyl groups excluding tert-OH is 1. The monoisotopic (exact) mass is 377 g/mol. The molecule has 8 heteroatoms. The topological polar surface area (TPSA) is 116 Å². The third kappa shape index (κ3) is 4.68. The highest BCUT2D eigenvalue weighted by molar-refractivity contribution is 6.05. The Morgan fingerprint density at radius 2 is 1.54 bits per heavy atom. The van der Waals surface area contributed by atoms with Crippen LogP contribution in [0.5, 0.6) is 0 Å². The number of hydrogen-bond donors (Lipinski definition) is 4. The van der Waals surface area contributed by atoms with E-state index in [-0.39, 0.29) is 24.3 Å². The summed E-state index contributed by atoms with van der Waals surface area (Å²) in [6, 6.07) is 16.9. The molecule has 3 aromatic rings. The molecule has 0 bridgehead atoms. The minimum Gasteiger partial charge on any atom is -0.392 e. The van der Waals surface area contributed by atoms with E-state index in [4.69, 9.17) is 0 Å². The van der Waals surface area contributed by atoms with Gasteiger partial charge in [-0.05, 0) is 29.8 Å². The number of carbonyl (C=O) groups excluding carboxylic acids is 2. The van der Waals surface area contributed by atoms with Gasteiger partial charge >= 0.3 is 0 Å². The van der Waals surface area contributed by atoms with E-state index in [0.29, 0.717) is 22.5 Å². The van der Waals surface area contributed by atoms with E-state index in [9.17, 15) is 14.7 Å². The normalized spacial score (nSPS) is 10.2. The van der Waals surface area contributed by atoms with Crippen molar-refractivity contribution in [3.8, 4) is 0 Å². The van der Waals surface area contributed by atoms with Gasteiger partial charge in [0.1, 0.15) is 11.6 Å². The SMILES string of the molecule is CNc1cc(NC(=O)c2cccc(CO)c2)nc(NC(=O)c2ccccc2)n1.